The minimum atomic E-state index is -0.0772. The fraction of sp³-hybridized carbons (Fsp3) is 0.0909. The van der Waals surface area contributed by atoms with Gasteiger partial charge < -0.3 is 5.73 Å². The Labute approximate surface area is 129 Å². The average molecular weight is 473 g/mol. The van der Waals surface area contributed by atoms with Crippen molar-refractivity contribution in [3.05, 3.63) is 52.6 Å². The van der Waals surface area contributed by atoms with E-state index in [0.29, 0.717) is 0 Å². The van der Waals surface area contributed by atoms with Gasteiger partial charge in [0, 0.05) is 3.57 Å². The lowest BCUT2D eigenvalue weighted by Crippen LogP contribution is -2.11. The molecule has 1 aromatic carbocycles. The number of hydrogen-bond acceptors (Lipinski definition) is 2. The summed E-state index contributed by atoms with van der Waals surface area (Å²) in [6, 6.07) is 10.3. The maximum absolute atomic E-state index is 6.25. The van der Waals surface area contributed by atoms with Crippen molar-refractivity contribution < 1.29 is 0 Å². The van der Waals surface area contributed by atoms with E-state index in [2.05, 4.69) is 78.7 Å². The summed E-state index contributed by atoms with van der Waals surface area (Å²) in [7, 11) is 0. The minimum Gasteiger partial charge on any atom is -0.320 e. The van der Waals surface area contributed by atoms with Crippen LogP contribution in [0.1, 0.15) is 17.2 Å². The molecule has 1 unspecified atom stereocenters. The Hall–Kier alpha value is 0.570. The number of nitrogens with two attached hydrogens (primary N) is 1. The SMILES string of the molecule is NC(c1cccc(I)c1)c1cc(Br)sc1Br. The van der Waals surface area contributed by atoms with Crippen LogP contribution >= 0.6 is 65.8 Å². The van der Waals surface area contributed by atoms with Crippen molar-refractivity contribution in [1.29, 1.82) is 0 Å². The zero-order chi connectivity index (χ0) is 11.7. The lowest BCUT2D eigenvalue weighted by Gasteiger charge is -2.11. The maximum Gasteiger partial charge on any atom is 0.0761 e. The Kier molecular flexibility index (Phi) is 4.45. The van der Waals surface area contributed by atoms with Crippen LogP contribution in [0, 0.1) is 3.57 Å². The predicted molar refractivity (Wildman–Crippen MR) is 84.9 cm³/mol. The first kappa shape index (κ1) is 13.0. The van der Waals surface area contributed by atoms with Crippen LogP contribution in [0.2, 0.25) is 0 Å². The molecule has 0 spiro atoms. The first-order valence-electron chi connectivity index (χ1n) is 4.53. The van der Waals surface area contributed by atoms with Gasteiger partial charge in [-0.2, -0.15) is 0 Å². The van der Waals surface area contributed by atoms with Crippen LogP contribution in [-0.2, 0) is 0 Å². The van der Waals surface area contributed by atoms with E-state index >= 15 is 0 Å². The normalized spacial score (nSPS) is 12.8. The molecule has 2 N–H and O–H groups in total. The second-order valence-electron chi connectivity index (χ2n) is 3.31. The first-order valence-corrected chi connectivity index (χ1v) is 8.02. The predicted octanol–water partition coefficient (Wildman–Crippen LogP) is 4.93. The summed E-state index contributed by atoms with van der Waals surface area (Å²) in [6.07, 6.45) is 0. The molecule has 0 saturated heterocycles. The zero-order valence-corrected chi connectivity index (χ0v) is 14.2. The maximum atomic E-state index is 6.25. The third kappa shape index (κ3) is 2.87. The van der Waals surface area contributed by atoms with E-state index in [1.54, 1.807) is 11.3 Å². The van der Waals surface area contributed by atoms with Gasteiger partial charge in [-0.25, -0.2) is 0 Å². The molecular formula is C11H8Br2INS. The van der Waals surface area contributed by atoms with Crippen LogP contribution in [0.25, 0.3) is 0 Å². The molecule has 1 atom stereocenters. The second kappa shape index (κ2) is 5.48. The summed E-state index contributed by atoms with van der Waals surface area (Å²) < 4.78 is 3.39. The third-order valence-electron chi connectivity index (χ3n) is 2.23. The molecule has 1 aromatic heterocycles. The highest BCUT2D eigenvalue weighted by Gasteiger charge is 2.15. The van der Waals surface area contributed by atoms with Crippen LogP contribution in [0.5, 0.6) is 0 Å². The van der Waals surface area contributed by atoms with E-state index in [1.807, 2.05) is 6.07 Å². The molecule has 0 amide bonds. The van der Waals surface area contributed by atoms with Gasteiger partial charge >= 0.3 is 0 Å². The first-order chi connectivity index (χ1) is 7.58. The number of halogens is 3. The number of benzene rings is 1. The van der Waals surface area contributed by atoms with Crippen LogP contribution < -0.4 is 5.73 Å². The second-order valence-corrected chi connectivity index (χ2v) is 8.31. The number of rotatable bonds is 2. The van der Waals surface area contributed by atoms with Crippen LogP contribution in [0.15, 0.2) is 37.9 Å². The molecule has 0 aliphatic carbocycles. The fourth-order valence-electron chi connectivity index (χ4n) is 1.44. The summed E-state index contributed by atoms with van der Waals surface area (Å²) >= 11 is 11.0. The molecule has 5 heteroatoms. The lowest BCUT2D eigenvalue weighted by molar-refractivity contribution is 0.871. The van der Waals surface area contributed by atoms with Crippen LogP contribution in [0.3, 0.4) is 0 Å². The lowest BCUT2D eigenvalue weighted by atomic mass is 10.0. The van der Waals surface area contributed by atoms with E-state index in [0.717, 1.165) is 18.7 Å². The van der Waals surface area contributed by atoms with Crippen LogP contribution in [-0.4, -0.2) is 0 Å². The van der Waals surface area contributed by atoms with Gasteiger partial charge in [0.1, 0.15) is 0 Å². The summed E-state index contributed by atoms with van der Waals surface area (Å²) in [5, 5.41) is 0. The molecule has 0 aliphatic rings. The quantitative estimate of drug-likeness (QED) is 0.616. The van der Waals surface area contributed by atoms with Gasteiger partial charge in [-0.3, -0.25) is 0 Å². The van der Waals surface area contributed by atoms with Crippen molar-refractivity contribution in [2.75, 3.05) is 0 Å². The fourth-order valence-corrected chi connectivity index (χ4v) is 4.94. The molecular weight excluding hydrogens is 465 g/mol. The number of hydrogen-bond donors (Lipinski definition) is 1. The van der Waals surface area contributed by atoms with Crippen molar-refractivity contribution in [2.45, 2.75) is 6.04 Å². The van der Waals surface area contributed by atoms with E-state index in [-0.39, 0.29) is 6.04 Å². The molecule has 0 fully saturated rings. The molecule has 84 valence electrons. The number of thiophene rings is 1. The van der Waals surface area contributed by atoms with Crippen molar-refractivity contribution in [3.8, 4) is 0 Å². The Morgan fingerprint density at radius 3 is 2.56 bits per heavy atom. The molecule has 0 saturated carbocycles. The Morgan fingerprint density at radius 2 is 2.00 bits per heavy atom. The molecule has 2 rings (SSSR count). The summed E-state index contributed by atoms with van der Waals surface area (Å²) in [6.45, 7) is 0. The smallest absolute Gasteiger partial charge is 0.0761 e. The molecule has 0 radical (unpaired) electrons. The highest BCUT2D eigenvalue weighted by atomic mass is 127. The van der Waals surface area contributed by atoms with Crippen molar-refractivity contribution in [1.82, 2.24) is 0 Å². The van der Waals surface area contributed by atoms with Gasteiger partial charge in [0.25, 0.3) is 0 Å². The van der Waals surface area contributed by atoms with Gasteiger partial charge in [0.15, 0.2) is 0 Å². The Bertz CT molecular complexity index is 512. The average Bonchev–Trinajstić information content (AvgIpc) is 2.57. The van der Waals surface area contributed by atoms with E-state index in [4.69, 9.17) is 5.73 Å². The molecule has 0 aliphatic heterocycles. The van der Waals surface area contributed by atoms with Gasteiger partial charge in [0.2, 0.25) is 0 Å². The van der Waals surface area contributed by atoms with Gasteiger partial charge in [-0.05, 0) is 83.8 Å². The summed E-state index contributed by atoms with van der Waals surface area (Å²) in [4.78, 5) is 0. The zero-order valence-electron chi connectivity index (χ0n) is 8.08. The Balaban J connectivity index is 2.38. The topological polar surface area (TPSA) is 26.0 Å². The summed E-state index contributed by atoms with van der Waals surface area (Å²) in [5.74, 6) is 0. The van der Waals surface area contributed by atoms with Crippen molar-refractivity contribution >= 4 is 65.8 Å². The molecule has 16 heavy (non-hydrogen) atoms. The van der Waals surface area contributed by atoms with E-state index in [9.17, 15) is 0 Å². The van der Waals surface area contributed by atoms with Crippen LogP contribution in [0.4, 0.5) is 0 Å². The third-order valence-corrected chi connectivity index (χ3v) is 5.28. The highest BCUT2D eigenvalue weighted by Crippen LogP contribution is 2.36. The standard InChI is InChI=1S/C11H8Br2INS/c12-9-5-8(11(13)16-9)10(15)6-2-1-3-7(14)4-6/h1-5,10H,15H2. The van der Waals surface area contributed by atoms with Crippen molar-refractivity contribution in [3.63, 3.8) is 0 Å². The molecule has 1 heterocycles. The molecule has 1 nitrogen and oxygen atoms in total. The largest absolute Gasteiger partial charge is 0.320 e. The minimum absolute atomic E-state index is 0.0772. The van der Waals surface area contributed by atoms with Gasteiger partial charge in [0.05, 0.1) is 13.6 Å². The Morgan fingerprint density at radius 1 is 1.25 bits per heavy atom. The monoisotopic (exact) mass is 471 g/mol. The van der Waals surface area contributed by atoms with Gasteiger partial charge in [-0.1, -0.05) is 12.1 Å². The van der Waals surface area contributed by atoms with E-state index < -0.39 is 0 Å². The highest BCUT2D eigenvalue weighted by molar-refractivity contribution is 14.1. The van der Waals surface area contributed by atoms with Gasteiger partial charge in [-0.15, -0.1) is 11.3 Å². The van der Waals surface area contributed by atoms with E-state index in [1.165, 1.54) is 3.57 Å². The summed E-state index contributed by atoms with van der Waals surface area (Å²) in [5.41, 5.74) is 8.51. The molecule has 0 bridgehead atoms. The molecule has 2 aromatic rings. The van der Waals surface area contributed by atoms with Crippen molar-refractivity contribution in [2.24, 2.45) is 5.73 Å².